The Kier molecular flexibility index (Phi) is 4.64. The maximum atomic E-state index is 10.7. The first-order chi connectivity index (χ1) is 12.2. The predicted molar refractivity (Wildman–Crippen MR) is 100 cm³/mol. The van der Waals surface area contributed by atoms with Crippen LogP contribution in [0.4, 0.5) is 5.69 Å². The van der Waals surface area contributed by atoms with Crippen molar-refractivity contribution in [3.63, 3.8) is 0 Å². The van der Waals surface area contributed by atoms with E-state index in [1.54, 1.807) is 0 Å². The minimum Gasteiger partial charge on any atom is -0.490 e. The van der Waals surface area contributed by atoms with Crippen LogP contribution in [-0.4, -0.2) is 48.8 Å². The third-order valence-electron chi connectivity index (χ3n) is 5.23. The molecule has 132 valence electrons. The smallest absolute Gasteiger partial charge is 0.123 e. The van der Waals surface area contributed by atoms with Gasteiger partial charge in [-0.05, 0) is 42.3 Å². The van der Waals surface area contributed by atoms with Crippen molar-refractivity contribution in [2.45, 2.75) is 25.6 Å². The van der Waals surface area contributed by atoms with Crippen LogP contribution in [0.25, 0.3) is 0 Å². The number of ether oxygens (including phenoxy) is 1. The van der Waals surface area contributed by atoms with Crippen LogP contribution >= 0.6 is 0 Å². The zero-order valence-electron chi connectivity index (χ0n) is 14.8. The third-order valence-corrected chi connectivity index (χ3v) is 5.23. The van der Waals surface area contributed by atoms with Gasteiger partial charge in [0, 0.05) is 44.8 Å². The Morgan fingerprint density at radius 1 is 1.08 bits per heavy atom. The Bertz CT molecular complexity index is 711. The molecule has 4 nitrogen and oxygen atoms in total. The van der Waals surface area contributed by atoms with Gasteiger partial charge in [-0.2, -0.15) is 0 Å². The summed E-state index contributed by atoms with van der Waals surface area (Å²) in [7, 11) is 0. The largest absolute Gasteiger partial charge is 0.490 e. The first-order valence-corrected chi connectivity index (χ1v) is 9.19. The first kappa shape index (κ1) is 16.4. The standard InChI is InChI=1S/C21H26N2O2/c1-16-13-18-14-17(7-8-21(18)25-16)20(24)15-22-9-11-23(12-10-22)19-5-3-2-4-6-19/h2-8,14,16,20,24H,9-13,15H2,1H3/t16-,20+/m1/s1. The van der Waals surface area contributed by atoms with Gasteiger partial charge >= 0.3 is 0 Å². The summed E-state index contributed by atoms with van der Waals surface area (Å²) in [6.07, 6.45) is 0.740. The molecule has 2 aliphatic rings. The van der Waals surface area contributed by atoms with Gasteiger partial charge in [0.15, 0.2) is 0 Å². The highest BCUT2D eigenvalue weighted by atomic mass is 16.5. The number of nitrogens with zero attached hydrogens (tertiary/aromatic N) is 2. The number of benzene rings is 2. The van der Waals surface area contributed by atoms with Crippen LogP contribution in [-0.2, 0) is 6.42 Å². The van der Waals surface area contributed by atoms with Crippen LogP contribution in [0.15, 0.2) is 48.5 Å². The van der Waals surface area contributed by atoms with Crippen molar-refractivity contribution in [3.05, 3.63) is 59.7 Å². The summed E-state index contributed by atoms with van der Waals surface area (Å²) in [4.78, 5) is 4.77. The van der Waals surface area contributed by atoms with E-state index in [-0.39, 0.29) is 6.10 Å². The Morgan fingerprint density at radius 2 is 1.84 bits per heavy atom. The molecular formula is C21H26N2O2. The molecule has 0 amide bonds. The van der Waals surface area contributed by atoms with E-state index in [4.69, 9.17) is 4.74 Å². The number of hydrogen-bond donors (Lipinski definition) is 1. The summed E-state index contributed by atoms with van der Waals surface area (Å²) < 4.78 is 5.75. The molecule has 1 N–H and O–H groups in total. The van der Waals surface area contributed by atoms with Crippen molar-refractivity contribution >= 4 is 5.69 Å². The highest BCUT2D eigenvalue weighted by Gasteiger charge is 2.23. The van der Waals surface area contributed by atoms with Crippen molar-refractivity contribution in [2.75, 3.05) is 37.6 Å². The van der Waals surface area contributed by atoms with E-state index in [0.717, 1.165) is 43.9 Å². The summed E-state index contributed by atoms with van der Waals surface area (Å²) in [5.41, 5.74) is 3.51. The van der Waals surface area contributed by atoms with Gasteiger partial charge in [-0.15, -0.1) is 0 Å². The lowest BCUT2D eigenvalue weighted by atomic mass is 10.0. The van der Waals surface area contributed by atoms with Crippen LogP contribution in [0.2, 0.25) is 0 Å². The molecule has 0 aromatic heterocycles. The number of piperazine rings is 1. The number of fused-ring (bicyclic) bond motifs is 1. The molecule has 0 radical (unpaired) electrons. The van der Waals surface area contributed by atoms with E-state index >= 15 is 0 Å². The van der Waals surface area contributed by atoms with E-state index in [1.165, 1.54) is 11.3 Å². The summed E-state index contributed by atoms with van der Waals surface area (Å²) >= 11 is 0. The van der Waals surface area contributed by atoms with Crippen LogP contribution in [0.3, 0.4) is 0 Å². The highest BCUT2D eigenvalue weighted by molar-refractivity contribution is 5.46. The monoisotopic (exact) mass is 338 g/mol. The molecule has 4 heteroatoms. The van der Waals surface area contributed by atoms with Gasteiger partial charge in [0.1, 0.15) is 11.9 Å². The molecule has 4 rings (SSSR count). The Morgan fingerprint density at radius 3 is 2.60 bits per heavy atom. The van der Waals surface area contributed by atoms with Crippen LogP contribution in [0, 0.1) is 0 Å². The third kappa shape index (κ3) is 3.65. The molecule has 1 saturated heterocycles. The molecule has 1 fully saturated rings. The van der Waals surface area contributed by atoms with Crippen LogP contribution in [0.1, 0.15) is 24.2 Å². The van der Waals surface area contributed by atoms with Crippen molar-refractivity contribution < 1.29 is 9.84 Å². The van der Waals surface area contributed by atoms with Crippen molar-refractivity contribution in [1.82, 2.24) is 4.90 Å². The first-order valence-electron chi connectivity index (χ1n) is 9.19. The molecule has 2 aliphatic heterocycles. The highest BCUT2D eigenvalue weighted by Crippen LogP contribution is 2.31. The summed E-state index contributed by atoms with van der Waals surface area (Å²) in [5.74, 6) is 0.972. The molecule has 0 spiro atoms. The Hall–Kier alpha value is -2.04. The zero-order chi connectivity index (χ0) is 17.2. The molecule has 0 aliphatic carbocycles. The maximum absolute atomic E-state index is 10.7. The summed E-state index contributed by atoms with van der Waals surface area (Å²) in [6.45, 7) is 6.76. The predicted octanol–water partition coefficient (Wildman–Crippen LogP) is 2.87. The molecule has 2 heterocycles. The number of β-amino-alcohol motifs (C(OH)–C–C–N with tert-alkyl or cyclic N) is 1. The van der Waals surface area contributed by atoms with Gasteiger partial charge in [-0.25, -0.2) is 0 Å². The topological polar surface area (TPSA) is 35.9 Å². The van der Waals surface area contributed by atoms with Gasteiger partial charge in [-0.1, -0.05) is 24.3 Å². The zero-order valence-corrected chi connectivity index (χ0v) is 14.8. The minimum atomic E-state index is -0.440. The van der Waals surface area contributed by atoms with E-state index in [0.29, 0.717) is 6.54 Å². The number of aliphatic hydroxyl groups excluding tert-OH is 1. The van der Waals surface area contributed by atoms with Crippen molar-refractivity contribution in [1.29, 1.82) is 0 Å². The number of hydrogen-bond acceptors (Lipinski definition) is 4. The fraction of sp³-hybridized carbons (Fsp3) is 0.429. The Balaban J connectivity index is 1.33. The fourth-order valence-corrected chi connectivity index (χ4v) is 3.83. The molecule has 0 saturated carbocycles. The van der Waals surface area contributed by atoms with Crippen LogP contribution < -0.4 is 9.64 Å². The molecule has 0 bridgehead atoms. The van der Waals surface area contributed by atoms with E-state index in [1.807, 2.05) is 12.1 Å². The lowest BCUT2D eigenvalue weighted by molar-refractivity contribution is 0.109. The quantitative estimate of drug-likeness (QED) is 0.930. The normalized spacial score (nSPS) is 21.7. The van der Waals surface area contributed by atoms with Crippen molar-refractivity contribution in [2.24, 2.45) is 0 Å². The number of anilines is 1. The number of para-hydroxylation sites is 1. The van der Waals surface area contributed by atoms with Gasteiger partial charge in [0.25, 0.3) is 0 Å². The lowest BCUT2D eigenvalue weighted by Gasteiger charge is -2.37. The molecule has 2 aromatic rings. The molecule has 2 atom stereocenters. The van der Waals surface area contributed by atoms with E-state index in [9.17, 15) is 5.11 Å². The van der Waals surface area contributed by atoms with Crippen LogP contribution in [0.5, 0.6) is 5.75 Å². The second-order valence-electron chi connectivity index (χ2n) is 7.14. The lowest BCUT2D eigenvalue weighted by Crippen LogP contribution is -2.47. The number of aliphatic hydroxyl groups is 1. The average molecular weight is 338 g/mol. The maximum Gasteiger partial charge on any atom is 0.123 e. The minimum absolute atomic E-state index is 0.244. The van der Waals surface area contributed by atoms with Gasteiger partial charge in [0.05, 0.1) is 6.10 Å². The van der Waals surface area contributed by atoms with Gasteiger partial charge in [0.2, 0.25) is 0 Å². The van der Waals surface area contributed by atoms with E-state index < -0.39 is 6.10 Å². The van der Waals surface area contributed by atoms with Gasteiger partial charge < -0.3 is 14.7 Å². The number of rotatable bonds is 4. The second kappa shape index (κ2) is 7.06. The molecule has 2 aromatic carbocycles. The van der Waals surface area contributed by atoms with Gasteiger partial charge in [-0.3, -0.25) is 4.90 Å². The molecular weight excluding hydrogens is 312 g/mol. The SMILES string of the molecule is C[C@@H]1Cc2cc([C@@H](O)CN3CCN(c4ccccc4)CC3)ccc2O1. The fourth-order valence-electron chi connectivity index (χ4n) is 3.83. The van der Waals surface area contributed by atoms with E-state index in [2.05, 4.69) is 53.1 Å². The summed E-state index contributed by atoms with van der Waals surface area (Å²) in [5, 5.41) is 10.7. The average Bonchev–Trinajstić information content (AvgIpc) is 3.02. The van der Waals surface area contributed by atoms with Crippen molar-refractivity contribution in [3.8, 4) is 5.75 Å². The summed E-state index contributed by atoms with van der Waals surface area (Å²) in [6, 6.07) is 16.7. The Labute approximate surface area is 149 Å². The molecule has 25 heavy (non-hydrogen) atoms. The second-order valence-corrected chi connectivity index (χ2v) is 7.14. The molecule has 0 unspecified atom stereocenters.